The molecule has 2 atom stereocenters. The highest BCUT2D eigenvalue weighted by Crippen LogP contribution is 2.23. The minimum absolute atomic E-state index is 0.000185. The van der Waals surface area contributed by atoms with E-state index in [0.29, 0.717) is 6.54 Å². The standard InChI is InChI=1S/C10H16BrNO4.C3H6/c1-16-9-3-2-4-12(10(14)15)8(9)5-7(13)6-11;1-3-2/h8-9H,2-6H2,1H3,(H,14,15);3H,1H2,2H3. The van der Waals surface area contributed by atoms with Crippen LogP contribution in [0.25, 0.3) is 0 Å². The fourth-order valence-corrected chi connectivity index (χ4v) is 2.29. The summed E-state index contributed by atoms with van der Waals surface area (Å²) in [5.41, 5.74) is 0. The Balaban J connectivity index is 0.000000982. The van der Waals surface area contributed by atoms with E-state index >= 15 is 0 Å². The number of ketones is 1. The van der Waals surface area contributed by atoms with Crippen LogP contribution in [-0.2, 0) is 9.53 Å². The zero-order valence-electron chi connectivity index (χ0n) is 11.5. The molecule has 1 fully saturated rings. The summed E-state index contributed by atoms with van der Waals surface area (Å²) in [6, 6.07) is -0.346. The van der Waals surface area contributed by atoms with Gasteiger partial charge in [-0.1, -0.05) is 22.0 Å². The zero-order chi connectivity index (χ0) is 14.8. The van der Waals surface area contributed by atoms with Gasteiger partial charge in [-0.15, -0.1) is 6.58 Å². The Labute approximate surface area is 122 Å². The van der Waals surface area contributed by atoms with Gasteiger partial charge in [0.1, 0.15) is 5.78 Å². The molecule has 0 radical (unpaired) electrons. The van der Waals surface area contributed by atoms with E-state index in [9.17, 15) is 9.59 Å². The number of rotatable bonds is 4. The highest BCUT2D eigenvalue weighted by Gasteiger charge is 2.35. The SMILES string of the molecule is C=CC.COC1CCCN(C(=O)O)C1CC(=O)CBr. The first kappa shape index (κ1) is 18.1. The van der Waals surface area contributed by atoms with E-state index in [1.54, 1.807) is 13.2 Å². The number of carbonyl (C=O) groups excluding carboxylic acids is 1. The molecule has 1 N–H and O–H groups in total. The number of methoxy groups -OCH3 is 1. The molecule has 1 amide bonds. The number of likely N-dealkylation sites (tertiary alicyclic amines) is 1. The number of alkyl halides is 1. The molecule has 0 spiro atoms. The second kappa shape index (κ2) is 9.97. The van der Waals surface area contributed by atoms with Crippen molar-refractivity contribution >= 4 is 27.8 Å². The Morgan fingerprint density at radius 1 is 1.58 bits per heavy atom. The molecule has 5 nitrogen and oxygen atoms in total. The molecular weight excluding hydrogens is 314 g/mol. The van der Waals surface area contributed by atoms with Crippen LogP contribution in [0.1, 0.15) is 26.2 Å². The van der Waals surface area contributed by atoms with Crippen LogP contribution >= 0.6 is 15.9 Å². The summed E-state index contributed by atoms with van der Waals surface area (Å²) in [5, 5.41) is 9.31. The summed E-state index contributed by atoms with van der Waals surface area (Å²) in [7, 11) is 1.56. The van der Waals surface area contributed by atoms with Gasteiger partial charge in [-0.3, -0.25) is 4.79 Å². The van der Waals surface area contributed by atoms with Gasteiger partial charge in [-0.25, -0.2) is 4.79 Å². The number of carboxylic acid groups (broad SMARTS) is 1. The first-order chi connectivity index (χ1) is 9.01. The van der Waals surface area contributed by atoms with Crippen LogP contribution in [-0.4, -0.2) is 53.0 Å². The average molecular weight is 336 g/mol. The van der Waals surface area contributed by atoms with Crippen molar-refractivity contribution in [3.63, 3.8) is 0 Å². The molecule has 0 aliphatic carbocycles. The van der Waals surface area contributed by atoms with E-state index in [2.05, 4.69) is 22.5 Å². The molecule has 1 heterocycles. The second-order valence-corrected chi connectivity index (χ2v) is 4.81. The predicted octanol–water partition coefficient (Wildman–Crippen LogP) is 2.69. The van der Waals surface area contributed by atoms with Crippen molar-refractivity contribution in [2.45, 2.75) is 38.3 Å². The van der Waals surface area contributed by atoms with Crippen LogP contribution in [0.4, 0.5) is 4.79 Å². The van der Waals surface area contributed by atoms with E-state index < -0.39 is 6.09 Å². The van der Waals surface area contributed by atoms with Gasteiger partial charge in [0, 0.05) is 20.1 Å². The Kier molecular flexibility index (Phi) is 9.51. The summed E-state index contributed by atoms with van der Waals surface area (Å²) in [6.07, 6.45) is 2.40. The molecular formula is C13H22BrNO4. The molecule has 0 aromatic rings. The van der Waals surface area contributed by atoms with Crippen molar-refractivity contribution in [2.75, 3.05) is 19.0 Å². The number of hydrogen-bond donors (Lipinski definition) is 1. The van der Waals surface area contributed by atoms with Gasteiger partial charge in [-0.05, 0) is 19.8 Å². The second-order valence-electron chi connectivity index (χ2n) is 4.24. The number of hydrogen-bond acceptors (Lipinski definition) is 3. The van der Waals surface area contributed by atoms with Crippen molar-refractivity contribution < 1.29 is 19.4 Å². The fourth-order valence-electron chi connectivity index (χ4n) is 2.06. The number of ether oxygens (including phenoxy) is 1. The number of carbonyl (C=O) groups is 2. The third-order valence-corrected chi connectivity index (χ3v) is 3.48. The molecule has 6 heteroatoms. The molecule has 0 bridgehead atoms. The number of nitrogens with zero attached hydrogens (tertiary/aromatic N) is 1. The van der Waals surface area contributed by atoms with Crippen LogP contribution in [0, 0.1) is 0 Å². The molecule has 0 aromatic carbocycles. The maximum Gasteiger partial charge on any atom is 0.407 e. The summed E-state index contributed by atoms with van der Waals surface area (Å²) in [4.78, 5) is 23.7. The maximum atomic E-state index is 11.4. The molecule has 1 rings (SSSR count). The summed E-state index contributed by atoms with van der Waals surface area (Å²) in [6.45, 7) is 5.73. The van der Waals surface area contributed by atoms with Crippen LogP contribution in [0.5, 0.6) is 0 Å². The lowest BCUT2D eigenvalue weighted by Gasteiger charge is -2.38. The van der Waals surface area contributed by atoms with Crippen molar-refractivity contribution in [3.05, 3.63) is 12.7 Å². The summed E-state index contributed by atoms with van der Waals surface area (Å²) < 4.78 is 5.26. The Bertz CT molecular complexity index is 309. The number of amides is 1. The molecule has 1 aliphatic heterocycles. The molecule has 19 heavy (non-hydrogen) atoms. The van der Waals surface area contributed by atoms with E-state index in [1.165, 1.54) is 4.90 Å². The van der Waals surface area contributed by atoms with Crippen molar-refractivity contribution in [2.24, 2.45) is 0 Å². The largest absolute Gasteiger partial charge is 0.465 e. The summed E-state index contributed by atoms with van der Waals surface area (Å²) >= 11 is 3.08. The Morgan fingerprint density at radius 3 is 2.58 bits per heavy atom. The lowest BCUT2D eigenvalue weighted by Crippen LogP contribution is -2.52. The Hall–Kier alpha value is -0.880. The quantitative estimate of drug-likeness (QED) is 0.633. The van der Waals surface area contributed by atoms with Crippen LogP contribution in [0.3, 0.4) is 0 Å². The van der Waals surface area contributed by atoms with Gasteiger partial charge in [0.25, 0.3) is 0 Å². The van der Waals surface area contributed by atoms with Gasteiger partial charge in [0.15, 0.2) is 0 Å². The minimum atomic E-state index is -0.978. The van der Waals surface area contributed by atoms with Gasteiger partial charge < -0.3 is 14.7 Å². The first-order valence-corrected chi connectivity index (χ1v) is 7.31. The Morgan fingerprint density at radius 2 is 2.16 bits per heavy atom. The average Bonchev–Trinajstić information content (AvgIpc) is 2.39. The fraction of sp³-hybridized carbons (Fsp3) is 0.692. The number of Topliss-reactive ketones (excluding diaryl/α,β-unsaturated/α-hetero) is 1. The monoisotopic (exact) mass is 335 g/mol. The normalized spacial score (nSPS) is 22.2. The van der Waals surface area contributed by atoms with E-state index in [-0.39, 0.29) is 29.7 Å². The third kappa shape index (κ3) is 6.20. The molecule has 0 saturated carbocycles. The van der Waals surface area contributed by atoms with E-state index in [1.807, 2.05) is 6.92 Å². The molecule has 0 aromatic heterocycles. The lowest BCUT2D eigenvalue weighted by molar-refractivity contribution is -0.119. The first-order valence-electron chi connectivity index (χ1n) is 6.18. The minimum Gasteiger partial charge on any atom is -0.465 e. The number of halogens is 1. The topological polar surface area (TPSA) is 66.8 Å². The highest BCUT2D eigenvalue weighted by atomic mass is 79.9. The smallest absolute Gasteiger partial charge is 0.407 e. The number of allylic oxidation sites excluding steroid dienone is 1. The van der Waals surface area contributed by atoms with Crippen LogP contribution in [0.15, 0.2) is 12.7 Å². The maximum absolute atomic E-state index is 11.4. The highest BCUT2D eigenvalue weighted by molar-refractivity contribution is 9.09. The van der Waals surface area contributed by atoms with E-state index in [0.717, 1.165) is 12.8 Å². The zero-order valence-corrected chi connectivity index (χ0v) is 13.1. The van der Waals surface area contributed by atoms with Crippen LogP contribution < -0.4 is 0 Å². The number of piperidine rings is 1. The van der Waals surface area contributed by atoms with Gasteiger partial charge >= 0.3 is 6.09 Å². The predicted molar refractivity (Wildman–Crippen MR) is 77.8 cm³/mol. The van der Waals surface area contributed by atoms with Crippen molar-refractivity contribution in [3.8, 4) is 0 Å². The molecule has 1 aliphatic rings. The third-order valence-electron chi connectivity index (χ3n) is 2.85. The molecule has 1 saturated heterocycles. The van der Waals surface area contributed by atoms with Crippen molar-refractivity contribution in [1.82, 2.24) is 4.90 Å². The van der Waals surface area contributed by atoms with Crippen molar-refractivity contribution in [1.29, 1.82) is 0 Å². The van der Waals surface area contributed by atoms with Gasteiger partial charge in [0.05, 0.1) is 17.5 Å². The van der Waals surface area contributed by atoms with Gasteiger partial charge in [-0.2, -0.15) is 0 Å². The molecule has 2 unspecified atom stereocenters. The lowest BCUT2D eigenvalue weighted by atomic mass is 9.95. The summed E-state index contributed by atoms with van der Waals surface area (Å²) in [5.74, 6) is 0.000185. The van der Waals surface area contributed by atoms with E-state index in [4.69, 9.17) is 9.84 Å². The van der Waals surface area contributed by atoms with Crippen LogP contribution in [0.2, 0.25) is 0 Å². The molecule has 110 valence electrons. The van der Waals surface area contributed by atoms with Gasteiger partial charge in [0.2, 0.25) is 0 Å².